The second kappa shape index (κ2) is 9.18. The van der Waals surface area contributed by atoms with Crippen molar-refractivity contribution in [3.8, 4) is 11.6 Å². The van der Waals surface area contributed by atoms with Crippen LogP contribution in [0, 0.1) is 6.92 Å². The largest absolute Gasteiger partial charge is 0.497 e. The number of benzene rings is 1. The average Bonchev–Trinajstić information content (AvgIpc) is 2.71. The van der Waals surface area contributed by atoms with Crippen LogP contribution in [0.1, 0.15) is 16.2 Å². The van der Waals surface area contributed by atoms with Gasteiger partial charge in [0.15, 0.2) is 0 Å². The van der Waals surface area contributed by atoms with E-state index in [9.17, 15) is 4.79 Å². The van der Waals surface area contributed by atoms with Crippen LogP contribution in [-0.4, -0.2) is 62.4 Å². The van der Waals surface area contributed by atoms with Crippen molar-refractivity contribution in [3.05, 3.63) is 41.7 Å². The Balaban J connectivity index is 1.51. The number of rotatable bonds is 7. The standard InChI is InChI=1S/C19H24N4O4/c1-14-21-17(23-7-10-26-11-8-23)13-18(22-14)27-9-6-20-19(24)15-4-3-5-16(12-15)25-2/h3-5,12-13H,6-11H2,1-2H3,(H,20,24). The molecule has 8 nitrogen and oxygen atoms in total. The van der Waals surface area contributed by atoms with Gasteiger partial charge in [-0.2, -0.15) is 4.98 Å². The molecule has 1 aliphatic heterocycles. The van der Waals surface area contributed by atoms with Gasteiger partial charge in [-0.3, -0.25) is 4.79 Å². The zero-order valence-corrected chi connectivity index (χ0v) is 15.6. The van der Waals surface area contributed by atoms with Crippen LogP contribution in [0.4, 0.5) is 5.82 Å². The normalized spacial score (nSPS) is 13.9. The molecule has 1 saturated heterocycles. The van der Waals surface area contributed by atoms with Crippen molar-refractivity contribution < 1.29 is 19.0 Å². The lowest BCUT2D eigenvalue weighted by atomic mass is 10.2. The second-order valence-electron chi connectivity index (χ2n) is 6.05. The molecule has 144 valence electrons. The number of morpholine rings is 1. The summed E-state index contributed by atoms with van der Waals surface area (Å²) in [5.41, 5.74) is 0.543. The van der Waals surface area contributed by atoms with E-state index in [0.29, 0.717) is 49.4 Å². The molecule has 0 saturated carbocycles. The van der Waals surface area contributed by atoms with E-state index in [2.05, 4.69) is 20.2 Å². The molecule has 2 heterocycles. The van der Waals surface area contributed by atoms with Gasteiger partial charge in [-0.15, -0.1) is 0 Å². The number of nitrogens with one attached hydrogen (secondary N) is 1. The third-order valence-electron chi connectivity index (χ3n) is 4.11. The van der Waals surface area contributed by atoms with Gasteiger partial charge < -0.3 is 24.4 Å². The van der Waals surface area contributed by atoms with Gasteiger partial charge in [0.05, 0.1) is 26.9 Å². The van der Waals surface area contributed by atoms with Crippen LogP contribution in [-0.2, 0) is 4.74 Å². The third kappa shape index (κ3) is 5.30. The number of hydrogen-bond donors (Lipinski definition) is 1. The van der Waals surface area contributed by atoms with Crippen LogP contribution in [0.3, 0.4) is 0 Å². The number of amides is 1. The SMILES string of the molecule is COc1cccc(C(=O)NCCOc2cc(N3CCOCC3)nc(C)n2)c1. The number of aryl methyl sites for hydroxylation is 1. The average molecular weight is 372 g/mol. The van der Waals surface area contributed by atoms with Crippen LogP contribution in [0.15, 0.2) is 30.3 Å². The number of anilines is 1. The first kappa shape index (κ1) is 18.9. The molecule has 2 aromatic rings. The molecule has 1 aromatic heterocycles. The molecule has 0 bridgehead atoms. The Morgan fingerprint density at radius 3 is 2.85 bits per heavy atom. The van der Waals surface area contributed by atoms with E-state index < -0.39 is 0 Å². The Morgan fingerprint density at radius 1 is 1.26 bits per heavy atom. The van der Waals surface area contributed by atoms with Gasteiger partial charge in [-0.05, 0) is 25.1 Å². The van der Waals surface area contributed by atoms with Crippen LogP contribution in [0.2, 0.25) is 0 Å². The van der Waals surface area contributed by atoms with Gasteiger partial charge in [-0.1, -0.05) is 6.07 Å². The molecule has 0 spiro atoms. The fourth-order valence-corrected chi connectivity index (χ4v) is 2.74. The molecule has 1 fully saturated rings. The predicted octanol–water partition coefficient (Wildman–Crippen LogP) is 1.44. The molecule has 1 N–H and O–H groups in total. The van der Waals surface area contributed by atoms with Crippen LogP contribution >= 0.6 is 0 Å². The Bertz CT molecular complexity index is 778. The van der Waals surface area contributed by atoms with Crippen molar-refractivity contribution in [1.29, 1.82) is 0 Å². The van der Waals surface area contributed by atoms with E-state index in [1.807, 2.05) is 13.0 Å². The van der Waals surface area contributed by atoms with E-state index in [4.69, 9.17) is 14.2 Å². The summed E-state index contributed by atoms with van der Waals surface area (Å²) in [7, 11) is 1.57. The highest BCUT2D eigenvalue weighted by atomic mass is 16.5. The zero-order chi connectivity index (χ0) is 19.1. The third-order valence-corrected chi connectivity index (χ3v) is 4.11. The van der Waals surface area contributed by atoms with Crippen LogP contribution < -0.4 is 19.7 Å². The number of hydrogen-bond acceptors (Lipinski definition) is 7. The number of nitrogens with zero attached hydrogens (tertiary/aromatic N) is 3. The molecule has 27 heavy (non-hydrogen) atoms. The number of carbonyl (C=O) groups is 1. The Morgan fingerprint density at radius 2 is 2.07 bits per heavy atom. The monoisotopic (exact) mass is 372 g/mol. The lowest BCUT2D eigenvalue weighted by Gasteiger charge is -2.28. The minimum Gasteiger partial charge on any atom is -0.497 e. The summed E-state index contributed by atoms with van der Waals surface area (Å²) in [6, 6.07) is 8.83. The number of ether oxygens (including phenoxy) is 3. The van der Waals surface area contributed by atoms with Crippen LogP contribution in [0.5, 0.6) is 11.6 Å². The predicted molar refractivity (Wildman–Crippen MR) is 101 cm³/mol. The minimum absolute atomic E-state index is 0.176. The second-order valence-corrected chi connectivity index (χ2v) is 6.05. The maximum Gasteiger partial charge on any atom is 0.251 e. The highest BCUT2D eigenvalue weighted by molar-refractivity contribution is 5.94. The number of aromatic nitrogens is 2. The molecule has 1 amide bonds. The van der Waals surface area contributed by atoms with Crippen molar-refractivity contribution >= 4 is 11.7 Å². The Kier molecular flexibility index (Phi) is 6.43. The quantitative estimate of drug-likeness (QED) is 0.736. The molecule has 1 aliphatic rings. The molecular weight excluding hydrogens is 348 g/mol. The fraction of sp³-hybridized carbons (Fsp3) is 0.421. The van der Waals surface area contributed by atoms with Crippen molar-refractivity contribution in [1.82, 2.24) is 15.3 Å². The highest BCUT2D eigenvalue weighted by Crippen LogP contribution is 2.18. The minimum atomic E-state index is -0.176. The summed E-state index contributed by atoms with van der Waals surface area (Å²) in [6.07, 6.45) is 0. The molecule has 0 atom stereocenters. The molecule has 0 radical (unpaired) electrons. The van der Waals surface area contributed by atoms with Crippen molar-refractivity contribution in [2.45, 2.75) is 6.92 Å². The van der Waals surface area contributed by atoms with E-state index in [1.165, 1.54) is 0 Å². The van der Waals surface area contributed by atoms with Gasteiger partial charge in [0.1, 0.15) is 24.0 Å². The smallest absolute Gasteiger partial charge is 0.251 e. The summed E-state index contributed by atoms with van der Waals surface area (Å²) < 4.78 is 16.2. The Hall–Kier alpha value is -2.87. The summed E-state index contributed by atoms with van der Waals surface area (Å²) in [4.78, 5) is 23.1. The molecule has 1 aromatic carbocycles. The van der Waals surface area contributed by atoms with Gasteiger partial charge in [0.25, 0.3) is 5.91 Å². The summed E-state index contributed by atoms with van der Waals surface area (Å²) in [5.74, 6) is 2.45. The fourth-order valence-electron chi connectivity index (χ4n) is 2.74. The van der Waals surface area contributed by atoms with Gasteiger partial charge in [0.2, 0.25) is 5.88 Å². The summed E-state index contributed by atoms with van der Waals surface area (Å²) >= 11 is 0. The van der Waals surface area contributed by atoms with Gasteiger partial charge in [0, 0.05) is 24.7 Å². The van der Waals surface area contributed by atoms with Crippen LogP contribution in [0.25, 0.3) is 0 Å². The molecule has 3 rings (SSSR count). The molecule has 0 unspecified atom stereocenters. The first-order valence-electron chi connectivity index (χ1n) is 8.89. The number of methoxy groups -OCH3 is 1. The zero-order valence-electron chi connectivity index (χ0n) is 15.6. The first-order chi connectivity index (χ1) is 13.2. The Labute approximate surface area is 158 Å². The van der Waals surface area contributed by atoms with E-state index in [0.717, 1.165) is 18.9 Å². The van der Waals surface area contributed by atoms with Crippen molar-refractivity contribution in [2.75, 3.05) is 51.5 Å². The molecule has 8 heteroatoms. The van der Waals surface area contributed by atoms with E-state index in [1.54, 1.807) is 31.4 Å². The molecule has 0 aliphatic carbocycles. The lowest BCUT2D eigenvalue weighted by Crippen LogP contribution is -2.37. The summed E-state index contributed by atoms with van der Waals surface area (Å²) in [5, 5.41) is 2.82. The van der Waals surface area contributed by atoms with Crippen molar-refractivity contribution in [2.24, 2.45) is 0 Å². The lowest BCUT2D eigenvalue weighted by molar-refractivity contribution is 0.0946. The number of carbonyl (C=O) groups excluding carboxylic acids is 1. The maximum absolute atomic E-state index is 12.2. The van der Waals surface area contributed by atoms with E-state index >= 15 is 0 Å². The topological polar surface area (TPSA) is 85.8 Å². The summed E-state index contributed by atoms with van der Waals surface area (Å²) in [6.45, 7) is 5.49. The van der Waals surface area contributed by atoms with E-state index in [-0.39, 0.29) is 5.91 Å². The molecular formula is C19H24N4O4. The van der Waals surface area contributed by atoms with Crippen molar-refractivity contribution in [3.63, 3.8) is 0 Å². The maximum atomic E-state index is 12.2. The van der Waals surface area contributed by atoms with Gasteiger partial charge in [-0.25, -0.2) is 4.98 Å². The first-order valence-corrected chi connectivity index (χ1v) is 8.89. The van der Waals surface area contributed by atoms with Gasteiger partial charge >= 0.3 is 0 Å². The highest BCUT2D eigenvalue weighted by Gasteiger charge is 2.14.